The molecule has 1 aromatic rings. The number of aliphatic carboxylic acids is 1. The van der Waals surface area contributed by atoms with E-state index in [4.69, 9.17) is 10.8 Å². The lowest BCUT2D eigenvalue weighted by Gasteiger charge is -1.98. The fourth-order valence-corrected chi connectivity index (χ4v) is 1.83. The van der Waals surface area contributed by atoms with Gasteiger partial charge in [0.15, 0.2) is 0 Å². The summed E-state index contributed by atoms with van der Waals surface area (Å²) < 4.78 is 0. The summed E-state index contributed by atoms with van der Waals surface area (Å²) in [6.07, 6.45) is 4.24. The highest BCUT2D eigenvalue weighted by Crippen LogP contribution is 2.09. The summed E-state index contributed by atoms with van der Waals surface area (Å²) in [6, 6.07) is 0. The Kier molecular flexibility index (Phi) is 5.41. The van der Waals surface area contributed by atoms with Crippen LogP contribution in [0.5, 0.6) is 0 Å². The van der Waals surface area contributed by atoms with E-state index in [-0.39, 0.29) is 5.84 Å². The number of amidine groups is 1. The van der Waals surface area contributed by atoms with Crippen molar-refractivity contribution >= 4 is 23.6 Å². The monoisotopic (exact) mass is 242 g/mol. The fourth-order valence-electron chi connectivity index (χ4n) is 0.979. The average Bonchev–Trinajstić information content (AvgIpc) is 2.75. The molecule has 7 heteroatoms. The van der Waals surface area contributed by atoms with Crippen LogP contribution >= 0.6 is 11.8 Å². The van der Waals surface area contributed by atoms with Gasteiger partial charge in [-0.2, -0.15) is 11.8 Å². The first-order valence-electron chi connectivity index (χ1n) is 4.78. The van der Waals surface area contributed by atoms with Gasteiger partial charge in [-0.15, -0.1) is 0 Å². The van der Waals surface area contributed by atoms with Crippen molar-refractivity contribution in [1.82, 2.24) is 9.97 Å². The minimum atomic E-state index is -1.16. The van der Waals surface area contributed by atoms with Crippen LogP contribution < -0.4 is 5.73 Å². The Morgan fingerprint density at radius 3 is 3.12 bits per heavy atom. The molecule has 0 radical (unpaired) electrons. The molecule has 1 rings (SSSR count). The van der Waals surface area contributed by atoms with E-state index in [1.165, 1.54) is 0 Å². The molecule has 16 heavy (non-hydrogen) atoms. The number of carboxylic acids is 1. The molecule has 1 heterocycles. The zero-order chi connectivity index (χ0) is 11.8. The van der Waals surface area contributed by atoms with Gasteiger partial charge < -0.3 is 15.8 Å². The topological polar surface area (TPSA) is 104 Å². The molecule has 0 atom stereocenters. The van der Waals surface area contributed by atoms with Crippen LogP contribution in [0.3, 0.4) is 0 Å². The third kappa shape index (κ3) is 4.83. The molecule has 1 aromatic heterocycles. The average molecular weight is 242 g/mol. The number of rotatable bonds is 6. The third-order valence-corrected chi connectivity index (χ3v) is 2.85. The standard InChI is InChI=1S/C9H14N4O2S/c10-8(9(14)15)12-2-1-3-16-5-7-4-11-6-13-7/h4,6H,1-3,5H2,(H2,10,12)(H,11,13)(H,14,15). The summed E-state index contributed by atoms with van der Waals surface area (Å²) in [5, 5.41) is 8.44. The summed E-state index contributed by atoms with van der Waals surface area (Å²) in [5.41, 5.74) is 6.22. The number of H-pyrrole nitrogens is 1. The van der Waals surface area contributed by atoms with E-state index in [0.717, 1.165) is 23.6 Å². The Balaban J connectivity index is 2.04. The number of nitrogens with one attached hydrogen (secondary N) is 1. The number of aromatic nitrogens is 2. The number of carbonyl (C=O) groups is 1. The van der Waals surface area contributed by atoms with Crippen molar-refractivity contribution in [2.24, 2.45) is 10.7 Å². The van der Waals surface area contributed by atoms with Crippen molar-refractivity contribution < 1.29 is 9.90 Å². The molecule has 88 valence electrons. The second-order valence-electron chi connectivity index (χ2n) is 3.06. The Hall–Kier alpha value is -1.50. The molecule has 4 N–H and O–H groups in total. The van der Waals surface area contributed by atoms with Gasteiger partial charge in [0.05, 0.1) is 6.33 Å². The molecule has 0 aliphatic rings. The normalized spacial score (nSPS) is 11.6. The number of aliphatic imine (C=N–C) groups is 1. The molecular weight excluding hydrogens is 228 g/mol. The molecule has 0 aliphatic carbocycles. The Morgan fingerprint density at radius 1 is 1.69 bits per heavy atom. The molecule has 0 unspecified atom stereocenters. The number of nitrogens with zero attached hydrogens (tertiary/aromatic N) is 2. The Morgan fingerprint density at radius 2 is 2.50 bits per heavy atom. The van der Waals surface area contributed by atoms with E-state index in [1.54, 1.807) is 24.3 Å². The van der Waals surface area contributed by atoms with E-state index >= 15 is 0 Å². The largest absolute Gasteiger partial charge is 0.475 e. The fraction of sp³-hybridized carbons (Fsp3) is 0.444. The number of hydrogen-bond acceptors (Lipinski definition) is 4. The number of hydrogen-bond donors (Lipinski definition) is 3. The minimum absolute atomic E-state index is 0.321. The summed E-state index contributed by atoms with van der Waals surface area (Å²) in [6.45, 7) is 0.452. The highest BCUT2D eigenvalue weighted by atomic mass is 32.2. The number of imidazole rings is 1. The highest BCUT2D eigenvalue weighted by Gasteiger charge is 2.00. The van der Waals surface area contributed by atoms with E-state index in [2.05, 4.69) is 15.0 Å². The van der Waals surface area contributed by atoms with E-state index in [1.807, 2.05) is 0 Å². The maximum Gasteiger partial charge on any atom is 0.370 e. The van der Waals surface area contributed by atoms with Gasteiger partial charge in [0.1, 0.15) is 0 Å². The van der Waals surface area contributed by atoms with Gasteiger partial charge in [-0.3, -0.25) is 4.99 Å². The van der Waals surface area contributed by atoms with Gasteiger partial charge in [0.25, 0.3) is 0 Å². The van der Waals surface area contributed by atoms with Crippen molar-refractivity contribution in [3.05, 3.63) is 18.2 Å². The van der Waals surface area contributed by atoms with Gasteiger partial charge in [-0.05, 0) is 12.2 Å². The molecule has 0 spiro atoms. The number of carboxylic acid groups (broad SMARTS) is 1. The summed E-state index contributed by atoms with van der Waals surface area (Å²) in [4.78, 5) is 20.9. The van der Waals surface area contributed by atoms with E-state index in [0.29, 0.717) is 6.54 Å². The van der Waals surface area contributed by atoms with Crippen molar-refractivity contribution in [3.8, 4) is 0 Å². The predicted molar refractivity (Wildman–Crippen MR) is 63.5 cm³/mol. The molecule has 0 bridgehead atoms. The first kappa shape index (κ1) is 12.6. The van der Waals surface area contributed by atoms with Crippen molar-refractivity contribution in [1.29, 1.82) is 0 Å². The van der Waals surface area contributed by atoms with Gasteiger partial charge >= 0.3 is 5.97 Å². The zero-order valence-corrected chi connectivity index (χ0v) is 9.54. The third-order valence-electron chi connectivity index (χ3n) is 1.76. The Bertz CT molecular complexity index is 350. The molecule has 0 aromatic carbocycles. The zero-order valence-electron chi connectivity index (χ0n) is 8.72. The molecule has 0 saturated carbocycles. The quantitative estimate of drug-likeness (QED) is 0.382. The van der Waals surface area contributed by atoms with E-state index < -0.39 is 5.97 Å². The molecule has 0 aliphatic heterocycles. The van der Waals surface area contributed by atoms with Crippen molar-refractivity contribution in [2.45, 2.75) is 12.2 Å². The van der Waals surface area contributed by atoms with Gasteiger partial charge in [-0.1, -0.05) is 0 Å². The van der Waals surface area contributed by atoms with Crippen LogP contribution in [0.1, 0.15) is 12.1 Å². The van der Waals surface area contributed by atoms with Crippen LogP contribution in [-0.4, -0.2) is 39.2 Å². The van der Waals surface area contributed by atoms with Crippen LogP contribution in [-0.2, 0) is 10.5 Å². The second kappa shape index (κ2) is 6.89. The van der Waals surface area contributed by atoms with Crippen LogP contribution in [0.4, 0.5) is 0 Å². The summed E-state index contributed by atoms with van der Waals surface area (Å²) in [5.74, 6) is 0.303. The Labute approximate surface area is 97.4 Å². The maximum atomic E-state index is 10.3. The van der Waals surface area contributed by atoms with Crippen LogP contribution in [0, 0.1) is 0 Å². The van der Waals surface area contributed by atoms with Crippen LogP contribution in [0.15, 0.2) is 17.5 Å². The molecule has 0 fully saturated rings. The number of aromatic amines is 1. The lowest BCUT2D eigenvalue weighted by molar-refractivity contribution is -0.129. The van der Waals surface area contributed by atoms with Crippen LogP contribution in [0.2, 0.25) is 0 Å². The smallest absolute Gasteiger partial charge is 0.370 e. The van der Waals surface area contributed by atoms with E-state index in [9.17, 15) is 4.79 Å². The second-order valence-corrected chi connectivity index (χ2v) is 4.16. The predicted octanol–water partition coefficient (Wildman–Crippen LogP) is 0.475. The lowest BCUT2D eigenvalue weighted by Crippen LogP contribution is -2.23. The van der Waals surface area contributed by atoms with Gasteiger partial charge in [0, 0.05) is 24.2 Å². The maximum absolute atomic E-state index is 10.3. The first-order chi connectivity index (χ1) is 7.70. The number of nitrogens with two attached hydrogens (primary N) is 1. The molecule has 6 nitrogen and oxygen atoms in total. The summed E-state index contributed by atoms with van der Waals surface area (Å²) >= 11 is 1.74. The van der Waals surface area contributed by atoms with Crippen molar-refractivity contribution in [3.63, 3.8) is 0 Å². The molecule has 0 amide bonds. The lowest BCUT2D eigenvalue weighted by atomic mass is 10.5. The van der Waals surface area contributed by atoms with Gasteiger partial charge in [-0.25, -0.2) is 9.78 Å². The summed E-state index contributed by atoms with van der Waals surface area (Å²) in [7, 11) is 0. The SMILES string of the molecule is NC(=NCCCSCc1cnc[nH]1)C(=O)O. The van der Waals surface area contributed by atoms with Crippen molar-refractivity contribution in [2.75, 3.05) is 12.3 Å². The molecular formula is C9H14N4O2S. The van der Waals surface area contributed by atoms with Gasteiger partial charge in [0.2, 0.25) is 5.84 Å². The number of thioether (sulfide) groups is 1. The van der Waals surface area contributed by atoms with Crippen LogP contribution in [0.25, 0.3) is 0 Å². The molecule has 0 saturated heterocycles. The highest BCUT2D eigenvalue weighted by molar-refractivity contribution is 7.98. The minimum Gasteiger partial charge on any atom is -0.475 e. The first-order valence-corrected chi connectivity index (χ1v) is 5.94.